The summed E-state index contributed by atoms with van der Waals surface area (Å²) in [6.45, 7) is 4.88. The smallest absolute Gasteiger partial charge is 0.268 e. The molecular weight excluding hydrogens is 400 g/mol. The molecule has 7 nitrogen and oxygen atoms in total. The Morgan fingerprint density at radius 2 is 2.07 bits per heavy atom. The zero-order chi connectivity index (χ0) is 21.3. The number of anilines is 1. The summed E-state index contributed by atoms with van der Waals surface area (Å²) >= 11 is 1.24. The highest BCUT2D eigenvalue weighted by Crippen LogP contribution is 2.32. The molecule has 2 aromatic heterocycles. The molecule has 0 saturated carbocycles. The van der Waals surface area contributed by atoms with Crippen molar-refractivity contribution in [2.45, 2.75) is 39.7 Å². The second-order valence-corrected chi connectivity index (χ2v) is 8.45. The number of nitrogens with zero attached hydrogens (tertiary/aromatic N) is 3. The first-order valence-electron chi connectivity index (χ1n) is 10.2. The van der Waals surface area contributed by atoms with Gasteiger partial charge >= 0.3 is 0 Å². The highest BCUT2D eigenvalue weighted by Gasteiger charge is 2.27. The van der Waals surface area contributed by atoms with Crippen LogP contribution < -0.4 is 15.8 Å². The molecule has 4 rings (SSSR count). The highest BCUT2D eigenvalue weighted by molar-refractivity contribution is 7.20. The molecule has 1 aromatic carbocycles. The molecule has 2 amide bonds. The Hall–Kier alpha value is -3.00. The lowest BCUT2D eigenvalue weighted by Crippen LogP contribution is -2.35. The average Bonchev–Trinajstić information content (AvgIpc) is 3.10. The molecular formula is C22H24N4O3S. The minimum atomic E-state index is -0.293. The van der Waals surface area contributed by atoms with Gasteiger partial charge in [0.1, 0.15) is 11.4 Å². The molecule has 0 radical (unpaired) electrons. The van der Waals surface area contributed by atoms with E-state index < -0.39 is 0 Å². The Morgan fingerprint density at radius 3 is 2.87 bits per heavy atom. The number of benzene rings is 1. The van der Waals surface area contributed by atoms with E-state index in [-0.39, 0.29) is 23.9 Å². The fourth-order valence-electron chi connectivity index (χ4n) is 3.82. The molecule has 3 aromatic rings. The molecule has 1 N–H and O–H groups in total. The van der Waals surface area contributed by atoms with E-state index in [0.717, 1.165) is 30.5 Å². The molecule has 3 heterocycles. The van der Waals surface area contributed by atoms with Crippen LogP contribution >= 0.6 is 11.3 Å². The number of fused-ring (bicyclic) bond motifs is 2. The van der Waals surface area contributed by atoms with Crippen molar-refractivity contribution in [2.24, 2.45) is 0 Å². The number of thiophene rings is 1. The van der Waals surface area contributed by atoms with E-state index in [1.165, 1.54) is 22.2 Å². The number of rotatable bonds is 5. The summed E-state index contributed by atoms with van der Waals surface area (Å²) in [6, 6.07) is 7.94. The van der Waals surface area contributed by atoms with E-state index >= 15 is 0 Å². The molecule has 0 saturated heterocycles. The van der Waals surface area contributed by atoms with Crippen LogP contribution in [0.3, 0.4) is 0 Å². The summed E-state index contributed by atoms with van der Waals surface area (Å²) in [4.78, 5) is 45.6. The SMILES string of the molecule is CCCNC(=O)Cn1cnc2sc(C(=O)N3CCCc4ccccc43)c(C)c2c1=O. The number of amides is 2. The molecule has 1 aliphatic heterocycles. The van der Waals surface area contributed by atoms with Crippen molar-refractivity contribution >= 4 is 39.1 Å². The lowest BCUT2D eigenvalue weighted by molar-refractivity contribution is -0.121. The Labute approximate surface area is 178 Å². The summed E-state index contributed by atoms with van der Waals surface area (Å²) in [6.07, 6.45) is 4.07. The van der Waals surface area contributed by atoms with Crippen LogP contribution in [0.2, 0.25) is 0 Å². The third-order valence-corrected chi connectivity index (χ3v) is 6.54. The quantitative estimate of drug-likeness (QED) is 0.683. The van der Waals surface area contributed by atoms with Crippen LogP contribution in [0.5, 0.6) is 0 Å². The van der Waals surface area contributed by atoms with Crippen LogP contribution in [0, 0.1) is 6.92 Å². The van der Waals surface area contributed by atoms with Gasteiger partial charge in [0.15, 0.2) is 0 Å². The summed E-state index contributed by atoms with van der Waals surface area (Å²) in [7, 11) is 0. The first kappa shape index (κ1) is 20.3. The summed E-state index contributed by atoms with van der Waals surface area (Å²) in [5, 5.41) is 3.18. The first-order chi connectivity index (χ1) is 14.5. The molecule has 156 valence electrons. The lowest BCUT2D eigenvalue weighted by atomic mass is 10.0. The highest BCUT2D eigenvalue weighted by atomic mass is 32.1. The predicted octanol–water partition coefficient (Wildman–Crippen LogP) is 2.89. The predicted molar refractivity (Wildman–Crippen MR) is 118 cm³/mol. The van der Waals surface area contributed by atoms with Gasteiger partial charge in [0.05, 0.1) is 16.6 Å². The number of carbonyl (C=O) groups excluding carboxylic acids is 2. The number of aromatic nitrogens is 2. The van der Waals surface area contributed by atoms with E-state index in [0.29, 0.717) is 33.7 Å². The van der Waals surface area contributed by atoms with Crippen molar-refractivity contribution in [3.8, 4) is 0 Å². The molecule has 0 unspecified atom stereocenters. The van der Waals surface area contributed by atoms with Gasteiger partial charge in [-0.05, 0) is 43.4 Å². The zero-order valence-electron chi connectivity index (χ0n) is 17.1. The first-order valence-corrected chi connectivity index (χ1v) is 11.0. The molecule has 1 aliphatic rings. The van der Waals surface area contributed by atoms with Gasteiger partial charge in [-0.25, -0.2) is 4.98 Å². The van der Waals surface area contributed by atoms with Crippen molar-refractivity contribution in [1.82, 2.24) is 14.9 Å². The Morgan fingerprint density at radius 1 is 1.27 bits per heavy atom. The third-order valence-electron chi connectivity index (χ3n) is 5.35. The van der Waals surface area contributed by atoms with Crippen molar-refractivity contribution in [3.63, 3.8) is 0 Å². The average molecular weight is 425 g/mol. The lowest BCUT2D eigenvalue weighted by Gasteiger charge is -2.29. The normalized spacial score (nSPS) is 13.3. The van der Waals surface area contributed by atoms with Crippen LogP contribution in [0.25, 0.3) is 10.2 Å². The van der Waals surface area contributed by atoms with Crippen LogP contribution in [0.1, 0.15) is 40.6 Å². The van der Waals surface area contributed by atoms with Crippen molar-refractivity contribution < 1.29 is 9.59 Å². The minimum absolute atomic E-state index is 0.0835. The molecule has 0 spiro atoms. The van der Waals surface area contributed by atoms with Gasteiger partial charge in [0.2, 0.25) is 5.91 Å². The van der Waals surface area contributed by atoms with E-state index in [2.05, 4.69) is 16.4 Å². The number of hydrogen-bond acceptors (Lipinski definition) is 5. The largest absolute Gasteiger partial charge is 0.355 e. The van der Waals surface area contributed by atoms with Crippen LogP contribution in [0.15, 0.2) is 35.4 Å². The molecule has 30 heavy (non-hydrogen) atoms. The van der Waals surface area contributed by atoms with Gasteiger partial charge in [-0.15, -0.1) is 11.3 Å². The maximum absolute atomic E-state index is 13.4. The Balaban J connectivity index is 1.69. The van der Waals surface area contributed by atoms with Gasteiger partial charge in [-0.3, -0.25) is 19.0 Å². The second kappa shape index (κ2) is 8.39. The van der Waals surface area contributed by atoms with E-state index in [9.17, 15) is 14.4 Å². The number of aryl methyl sites for hydroxylation is 2. The number of para-hydroxylation sites is 1. The number of nitrogens with one attached hydrogen (secondary N) is 1. The maximum Gasteiger partial charge on any atom is 0.268 e. The fourth-order valence-corrected chi connectivity index (χ4v) is 4.91. The van der Waals surface area contributed by atoms with Gasteiger partial charge in [0.25, 0.3) is 11.5 Å². The van der Waals surface area contributed by atoms with Gasteiger partial charge in [0, 0.05) is 18.8 Å². The van der Waals surface area contributed by atoms with Crippen molar-refractivity contribution in [3.05, 3.63) is 57.0 Å². The van der Waals surface area contributed by atoms with Crippen LogP contribution in [-0.4, -0.2) is 34.5 Å². The maximum atomic E-state index is 13.4. The van der Waals surface area contributed by atoms with Crippen molar-refractivity contribution in [1.29, 1.82) is 0 Å². The van der Waals surface area contributed by atoms with Gasteiger partial charge < -0.3 is 10.2 Å². The summed E-state index contributed by atoms with van der Waals surface area (Å²) in [5.74, 6) is -0.330. The Bertz CT molecular complexity index is 1180. The van der Waals surface area contributed by atoms with Crippen LogP contribution in [-0.2, 0) is 17.8 Å². The molecule has 0 atom stereocenters. The van der Waals surface area contributed by atoms with E-state index in [1.54, 1.807) is 11.8 Å². The van der Waals surface area contributed by atoms with Crippen LogP contribution in [0.4, 0.5) is 5.69 Å². The standard InChI is InChI=1S/C22H24N4O3S/c1-3-10-23-17(27)12-25-13-24-20-18(21(25)28)14(2)19(30-20)22(29)26-11-6-8-15-7-4-5-9-16(15)26/h4-5,7,9,13H,3,6,8,10-12H2,1-2H3,(H,23,27). The minimum Gasteiger partial charge on any atom is -0.355 e. The number of hydrogen-bond donors (Lipinski definition) is 1. The fraction of sp³-hybridized carbons (Fsp3) is 0.364. The summed E-state index contributed by atoms with van der Waals surface area (Å²) < 4.78 is 1.30. The second-order valence-electron chi connectivity index (χ2n) is 7.45. The van der Waals surface area contributed by atoms with E-state index in [4.69, 9.17) is 0 Å². The third kappa shape index (κ3) is 3.63. The molecule has 0 bridgehead atoms. The summed E-state index contributed by atoms with van der Waals surface area (Å²) in [5.41, 5.74) is 2.43. The zero-order valence-corrected chi connectivity index (χ0v) is 17.9. The number of carbonyl (C=O) groups is 2. The molecule has 8 heteroatoms. The molecule has 0 fully saturated rings. The molecule has 0 aliphatic carbocycles. The van der Waals surface area contributed by atoms with Gasteiger partial charge in [-0.1, -0.05) is 25.1 Å². The van der Waals surface area contributed by atoms with E-state index in [1.807, 2.05) is 25.1 Å². The van der Waals surface area contributed by atoms with Gasteiger partial charge in [-0.2, -0.15) is 0 Å². The topological polar surface area (TPSA) is 84.3 Å². The monoisotopic (exact) mass is 424 g/mol. The van der Waals surface area contributed by atoms with Crippen molar-refractivity contribution in [2.75, 3.05) is 18.0 Å². The Kier molecular flexibility index (Phi) is 5.67.